The van der Waals surface area contributed by atoms with Gasteiger partial charge in [0.05, 0.1) is 11.6 Å². The number of likely N-dealkylation sites (tertiary alicyclic amines) is 1. The molecular formula is C16H23ClN2O. The van der Waals surface area contributed by atoms with Crippen LogP contribution in [-0.4, -0.2) is 36.2 Å². The Bertz CT molecular complexity index is 476. The van der Waals surface area contributed by atoms with Crippen molar-refractivity contribution in [2.75, 3.05) is 18.5 Å². The molecule has 0 radical (unpaired) electrons. The standard InChI is InChI=1S/C16H23ClN2O/c1-3-20-16-7-4-12(9-15(16)17)18-13-8-11(2)19(10-13)14-5-6-14/h4,7,9,11,13-14,18H,3,5-6,8,10H2,1-2H3. The molecule has 0 bridgehead atoms. The molecule has 110 valence electrons. The van der Waals surface area contributed by atoms with Gasteiger partial charge >= 0.3 is 0 Å². The molecule has 1 saturated heterocycles. The Balaban J connectivity index is 1.62. The summed E-state index contributed by atoms with van der Waals surface area (Å²) in [5, 5.41) is 4.29. The van der Waals surface area contributed by atoms with Crippen molar-refractivity contribution in [3.8, 4) is 5.75 Å². The molecule has 2 unspecified atom stereocenters. The van der Waals surface area contributed by atoms with E-state index in [4.69, 9.17) is 16.3 Å². The van der Waals surface area contributed by atoms with Gasteiger partial charge in [0, 0.05) is 30.4 Å². The van der Waals surface area contributed by atoms with Gasteiger partial charge in [-0.15, -0.1) is 0 Å². The van der Waals surface area contributed by atoms with E-state index < -0.39 is 0 Å². The molecule has 1 heterocycles. The molecule has 4 heteroatoms. The van der Waals surface area contributed by atoms with Crippen molar-refractivity contribution in [1.82, 2.24) is 4.90 Å². The first kappa shape index (κ1) is 14.0. The van der Waals surface area contributed by atoms with E-state index in [1.54, 1.807) is 0 Å². The van der Waals surface area contributed by atoms with Crippen LogP contribution in [0, 0.1) is 0 Å². The number of hydrogen-bond acceptors (Lipinski definition) is 3. The molecule has 0 aromatic heterocycles. The topological polar surface area (TPSA) is 24.5 Å². The van der Waals surface area contributed by atoms with E-state index in [1.165, 1.54) is 19.3 Å². The minimum atomic E-state index is 0.527. The Morgan fingerprint density at radius 1 is 1.40 bits per heavy atom. The van der Waals surface area contributed by atoms with Crippen LogP contribution in [0.1, 0.15) is 33.1 Å². The lowest BCUT2D eigenvalue weighted by atomic mass is 10.2. The van der Waals surface area contributed by atoms with E-state index in [2.05, 4.69) is 23.2 Å². The number of rotatable bonds is 5. The zero-order chi connectivity index (χ0) is 14.1. The molecule has 20 heavy (non-hydrogen) atoms. The SMILES string of the molecule is CCOc1ccc(NC2CC(C)N(C3CC3)C2)cc1Cl. The van der Waals surface area contributed by atoms with Gasteiger partial charge in [0.15, 0.2) is 0 Å². The van der Waals surface area contributed by atoms with Crippen LogP contribution in [-0.2, 0) is 0 Å². The summed E-state index contributed by atoms with van der Waals surface area (Å²) in [4.78, 5) is 2.65. The Morgan fingerprint density at radius 2 is 2.20 bits per heavy atom. The average molecular weight is 295 g/mol. The normalized spacial score (nSPS) is 26.8. The van der Waals surface area contributed by atoms with Crippen molar-refractivity contribution in [3.05, 3.63) is 23.2 Å². The minimum absolute atomic E-state index is 0.527. The summed E-state index contributed by atoms with van der Waals surface area (Å²) in [7, 11) is 0. The van der Waals surface area contributed by atoms with Crippen LogP contribution in [0.25, 0.3) is 0 Å². The highest BCUT2D eigenvalue weighted by molar-refractivity contribution is 6.32. The highest BCUT2D eigenvalue weighted by Crippen LogP contribution is 2.35. The maximum Gasteiger partial charge on any atom is 0.138 e. The molecule has 1 aromatic rings. The fourth-order valence-corrected chi connectivity index (χ4v) is 3.41. The molecule has 3 rings (SSSR count). The van der Waals surface area contributed by atoms with Gasteiger partial charge in [-0.1, -0.05) is 11.6 Å². The summed E-state index contributed by atoms with van der Waals surface area (Å²) in [6.45, 7) is 6.10. The van der Waals surface area contributed by atoms with Gasteiger partial charge in [0.25, 0.3) is 0 Å². The van der Waals surface area contributed by atoms with Gasteiger partial charge in [-0.05, 0) is 51.3 Å². The van der Waals surface area contributed by atoms with E-state index in [1.807, 2.05) is 19.1 Å². The number of ether oxygens (including phenoxy) is 1. The van der Waals surface area contributed by atoms with Crippen LogP contribution < -0.4 is 10.1 Å². The van der Waals surface area contributed by atoms with E-state index >= 15 is 0 Å². The van der Waals surface area contributed by atoms with Crippen LogP contribution in [0.15, 0.2) is 18.2 Å². The second-order valence-corrected chi connectivity index (χ2v) is 6.34. The van der Waals surface area contributed by atoms with E-state index in [-0.39, 0.29) is 0 Å². The van der Waals surface area contributed by atoms with Crippen molar-refractivity contribution >= 4 is 17.3 Å². The number of benzene rings is 1. The summed E-state index contributed by atoms with van der Waals surface area (Å²) in [5.74, 6) is 0.763. The predicted molar refractivity (Wildman–Crippen MR) is 83.8 cm³/mol. The average Bonchev–Trinajstić information content (AvgIpc) is 3.18. The molecule has 2 fully saturated rings. The molecule has 1 aliphatic heterocycles. The first-order chi connectivity index (χ1) is 9.67. The molecule has 1 N–H and O–H groups in total. The number of halogens is 1. The fraction of sp³-hybridized carbons (Fsp3) is 0.625. The maximum absolute atomic E-state index is 6.24. The van der Waals surface area contributed by atoms with Gasteiger partial charge in [-0.2, -0.15) is 0 Å². The number of anilines is 1. The second-order valence-electron chi connectivity index (χ2n) is 5.93. The van der Waals surface area contributed by atoms with Crippen LogP contribution in [0.5, 0.6) is 5.75 Å². The molecule has 1 aliphatic carbocycles. The minimum Gasteiger partial charge on any atom is -0.492 e. The quantitative estimate of drug-likeness (QED) is 0.894. The zero-order valence-corrected chi connectivity index (χ0v) is 13.0. The third kappa shape index (κ3) is 3.04. The lowest BCUT2D eigenvalue weighted by Gasteiger charge is -2.20. The van der Waals surface area contributed by atoms with E-state index in [9.17, 15) is 0 Å². The van der Waals surface area contributed by atoms with Crippen LogP contribution >= 0.6 is 11.6 Å². The summed E-state index contributed by atoms with van der Waals surface area (Å²) in [6.07, 6.45) is 3.97. The largest absolute Gasteiger partial charge is 0.492 e. The molecular weight excluding hydrogens is 272 g/mol. The summed E-state index contributed by atoms with van der Waals surface area (Å²) < 4.78 is 5.47. The highest BCUT2D eigenvalue weighted by atomic mass is 35.5. The summed E-state index contributed by atoms with van der Waals surface area (Å²) >= 11 is 6.24. The third-order valence-electron chi connectivity index (χ3n) is 4.24. The number of nitrogens with one attached hydrogen (secondary N) is 1. The monoisotopic (exact) mass is 294 g/mol. The van der Waals surface area contributed by atoms with Gasteiger partial charge in [0.1, 0.15) is 5.75 Å². The smallest absolute Gasteiger partial charge is 0.138 e. The van der Waals surface area contributed by atoms with Crippen LogP contribution in [0.2, 0.25) is 5.02 Å². The Kier molecular flexibility index (Phi) is 4.08. The van der Waals surface area contributed by atoms with Gasteiger partial charge in [0.2, 0.25) is 0 Å². The van der Waals surface area contributed by atoms with Crippen molar-refractivity contribution in [2.24, 2.45) is 0 Å². The number of nitrogens with zero attached hydrogens (tertiary/aromatic N) is 1. The van der Waals surface area contributed by atoms with Gasteiger partial charge < -0.3 is 10.1 Å². The maximum atomic E-state index is 6.24. The first-order valence-corrected chi connectivity index (χ1v) is 7.99. The molecule has 0 spiro atoms. The molecule has 1 saturated carbocycles. The van der Waals surface area contributed by atoms with Gasteiger partial charge in [-0.3, -0.25) is 4.90 Å². The van der Waals surface area contributed by atoms with Gasteiger partial charge in [-0.25, -0.2) is 0 Å². The third-order valence-corrected chi connectivity index (χ3v) is 4.54. The van der Waals surface area contributed by atoms with Crippen LogP contribution in [0.3, 0.4) is 0 Å². The van der Waals surface area contributed by atoms with Crippen molar-refractivity contribution < 1.29 is 4.74 Å². The Labute approximate surface area is 126 Å². The number of hydrogen-bond donors (Lipinski definition) is 1. The van der Waals surface area contributed by atoms with E-state index in [0.717, 1.165) is 24.0 Å². The van der Waals surface area contributed by atoms with Crippen molar-refractivity contribution in [2.45, 2.75) is 51.2 Å². The van der Waals surface area contributed by atoms with Crippen LogP contribution in [0.4, 0.5) is 5.69 Å². The highest BCUT2D eigenvalue weighted by Gasteiger charge is 2.38. The molecule has 0 amide bonds. The lowest BCUT2D eigenvalue weighted by molar-refractivity contribution is 0.257. The first-order valence-electron chi connectivity index (χ1n) is 7.62. The summed E-state index contributed by atoms with van der Waals surface area (Å²) in [5.41, 5.74) is 1.09. The lowest BCUT2D eigenvalue weighted by Crippen LogP contribution is -2.30. The molecule has 3 nitrogen and oxygen atoms in total. The van der Waals surface area contributed by atoms with Crippen molar-refractivity contribution in [1.29, 1.82) is 0 Å². The van der Waals surface area contributed by atoms with E-state index in [0.29, 0.717) is 23.7 Å². The molecule has 2 aliphatic rings. The van der Waals surface area contributed by atoms with Crippen molar-refractivity contribution in [3.63, 3.8) is 0 Å². The Morgan fingerprint density at radius 3 is 2.85 bits per heavy atom. The second kappa shape index (κ2) is 5.82. The Hall–Kier alpha value is -0.930. The predicted octanol–water partition coefficient (Wildman–Crippen LogP) is 3.78. The zero-order valence-electron chi connectivity index (χ0n) is 12.2. The summed E-state index contributed by atoms with van der Waals surface area (Å²) in [6, 6.07) is 8.04. The molecule has 1 aromatic carbocycles. The molecule has 2 atom stereocenters. The fourth-order valence-electron chi connectivity index (χ4n) is 3.17.